The van der Waals surface area contributed by atoms with E-state index in [2.05, 4.69) is 5.32 Å². The first-order valence-electron chi connectivity index (χ1n) is 5.30. The lowest BCUT2D eigenvalue weighted by molar-refractivity contribution is -0.130. The van der Waals surface area contributed by atoms with Crippen LogP contribution in [-0.4, -0.2) is 29.9 Å². The first-order chi connectivity index (χ1) is 6.85. The van der Waals surface area contributed by atoms with Gasteiger partial charge in [-0.15, -0.1) is 0 Å². The van der Waals surface area contributed by atoms with Crippen molar-refractivity contribution < 1.29 is 14.3 Å². The van der Waals surface area contributed by atoms with Gasteiger partial charge in [0.15, 0.2) is 5.78 Å². The van der Waals surface area contributed by atoms with Gasteiger partial charge in [0.25, 0.3) is 0 Å². The van der Waals surface area contributed by atoms with Gasteiger partial charge < -0.3 is 10.1 Å². The Morgan fingerprint density at radius 2 is 2.00 bits per heavy atom. The summed E-state index contributed by atoms with van der Waals surface area (Å²) >= 11 is 0. The minimum absolute atomic E-state index is 0.00796. The van der Waals surface area contributed by atoms with Crippen molar-refractivity contribution >= 4 is 11.7 Å². The van der Waals surface area contributed by atoms with E-state index < -0.39 is 11.6 Å². The van der Waals surface area contributed by atoms with Crippen LogP contribution in [-0.2, 0) is 14.3 Å². The molecule has 1 saturated heterocycles. The number of epoxide rings is 1. The quantitative estimate of drug-likeness (QED) is 0.690. The molecule has 0 aromatic heterocycles. The van der Waals surface area contributed by atoms with Crippen LogP contribution in [0.25, 0.3) is 0 Å². The molecule has 0 aromatic rings. The number of rotatable bonds is 5. The summed E-state index contributed by atoms with van der Waals surface area (Å²) in [5.41, 5.74) is -0.651. The molecule has 0 bridgehead atoms. The molecule has 1 aliphatic heterocycles. The van der Waals surface area contributed by atoms with Crippen molar-refractivity contribution in [3.63, 3.8) is 0 Å². The Morgan fingerprint density at radius 1 is 1.47 bits per heavy atom. The summed E-state index contributed by atoms with van der Waals surface area (Å²) in [6.07, 6.45) is 0.664. The predicted octanol–water partition coefficient (Wildman–Crippen LogP) is 0.895. The highest BCUT2D eigenvalue weighted by Gasteiger charge is 2.49. The number of carbonyl (C=O) groups is 2. The average Bonchev–Trinajstić information content (AvgIpc) is 2.81. The van der Waals surface area contributed by atoms with E-state index in [-0.39, 0.29) is 11.7 Å². The van der Waals surface area contributed by atoms with Crippen molar-refractivity contribution in [2.75, 3.05) is 6.61 Å². The highest BCUT2D eigenvalue weighted by Crippen LogP contribution is 2.29. The molecule has 1 heterocycles. The molecule has 0 radical (unpaired) electrons. The molecule has 0 aromatic carbocycles. The third-order valence-corrected chi connectivity index (χ3v) is 2.50. The molecule has 2 atom stereocenters. The molecular formula is C11H19NO3. The molecule has 1 rings (SSSR count). The molecule has 0 aliphatic carbocycles. The van der Waals surface area contributed by atoms with Gasteiger partial charge in [-0.1, -0.05) is 13.8 Å². The number of carbonyl (C=O) groups excluding carboxylic acids is 2. The molecule has 86 valence electrons. The second-order valence-corrected chi connectivity index (χ2v) is 4.77. The van der Waals surface area contributed by atoms with Crippen molar-refractivity contribution in [2.24, 2.45) is 5.92 Å². The zero-order chi connectivity index (χ0) is 11.6. The highest BCUT2D eigenvalue weighted by atomic mass is 16.6. The Morgan fingerprint density at radius 3 is 2.33 bits per heavy atom. The molecule has 0 spiro atoms. The third kappa shape index (κ3) is 3.30. The van der Waals surface area contributed by atoms with E-state index in [1.54, 1.807) is 6.92 Å². The molecule has 15 heavy (non-hydrogen) atoms. The molecule has 4 heteroatoms. The van der Waals surface area contributed by atoms with Gasteiger partial charge in [0.2, 0.25) is 5.91 Å². The van der Waals surface area contributed by atoms with Crippen molar-refractivity contribution in [1.29, 1.82) is 0 Å². The van der Waals surface area contributed by atoms with Crippen LogP contribution >= 0.6 is 0 Å². The molecule has 1 N–H and O–H groups in total. The number of ether oxygens (including phenoxy) is 1. The van der Waals surface area contributed by atoms with Gasteiger partial charge in [-0.05, 0) is 19.3 Å². The number of amides is 1. The van der Waals surface area contributed by atoms with E-state index in [0.29, 0.717) is 18.9 Å². The van der Waals surface area contributed by atoms with E-state index in [1.807, 2.05) is 13.8 Å². The van der Waals surface area contributed by atoms with Crippen molar-refractivity contribution in [1.82, 2.24) is 5.32 Å². The Bertz CT molecular complexity index is 269. The van der Waals surface area contributed by atoms with Gasteiger partial charge >= 0.3 is 0 Å². The van der Waals surface area contributed by atoms with Gasteiger partial charge in [0.05, 0.1) is 12.6 Å². The number of ketones is 1. The fourth-order valence-corrected chi connectivity index (χ4v) is 1.57. The van der Waals surface area contributed by atoms with Crippen LogP contribution in [0, 0.1) is 5.92 Å². The first kappa shape index (κ1) is 12.2. The number of hydrogen-bond donors (Lipinski definition) is 1. The monoisotopic (exact) mass is 213 g/mol. The summed E-state index contributed by atoms with van der Waals surface area (Å²) in [5, 5.41) is 2.69. The van der Waals surface area contributed by atoms with E-state index in [1.165, 1.54) is 6.92 Å². The number of Topliss-reactive ketones (excluding diaryl/α,β-unsaturated/α-hetero) is 1. The zero-order valence-corrected chi connectivity index (χ0v) is 9.79. The summed E-state index contributed by atoms with van der Waals surface area (Å²) < 4.78 is 5.10. The Kier molecular flexibility index (Phi) is 3.50. The second kappa shape index (κ2) is 4.31. The molecule has 1 amide bonds. The van der Waals surface area contributed by atoms with Crippen LogP contribution in [0.1, 0.15) is 34.1 Å². The van der Waals surface area contributed by atoms with E-state index in [0.717, 1.165) is 0 Å². The maximum absolute atomic E-state index is 12.0. The predicted molar refractivity (Wildman–Crippen MR) is 56.4 cm³/mol. The van der Waals surface area contributed by atoms with Gasteiger partial charge in [-0.2, -0.15) is 0 Å². The Hall–Kier alpha value is -0.900. The standard InChI is InChI=1S/C11H19NO3/c1-7(2)5-9(12-8(3)13)10(14)11(4)6-15-11/h7,9H,5-6H2,1-4H3,(H,12,13)/t9-,11-/m0/s1. The second-order valence-electron chi connectivity index (χ2n) is 4.77. The average molecular weight is 213 g/mol. The SMILES string of the molecule is CC(=O)N[C@@H](CC(C)C)C(=O)[C@]1(C)CO1. The van der Waals surface area contributed by atoms with Crippen LogP contribution in [0.4, 0.5) is 0 Å². The molecule has 1 fully saturated rings. The van der Waals surface area contributed by atoms with Crippen LogP contribution in [0.5, 0.6) is 0 Å². The molecule has 0 saturated carbocycles. The van der Waals surface area contributed by atoms with Crippen molar-refractivity contribution in [3.8, 4) is 0 Å². The first-order valence-corrected chi connectivity index (χ1v) is 5.30. The number of nitrogens with one attached hydrogen (secondary N) is 1. The van der Waals surface area contributed by atoms with Crippen LogP contribution in [0.2, 0.25) is 0 Å². The minimum Gasteiger partial charge on any atom is -0.361 e. The summed E-state index contributed by atoms with van der Waals surface area (Å²) in [5.74, 6) is 0.192. The van der Waals surface area contributed by atoms with Gasteiger partial charge in [0, 0.05) is 6.92 Å². The third-order valence-electron chi connectivity index (χ3n) is 2.50. The summed E-state index contributed by atoms with van der Waals surface area (Å²) in [6.45, 7) is 7.72. The smallest absolute Gasteiger partial charge is 0.217 e. The van der Waals surface area contributed by atoms with Gasteiger partial charge in [-0.3, -0.25) is 9.59 Å². The van der Waals surface area contributed by atoms with Gasteiger partial charge in [0.1, 0.15) is 5.60 Å². The lowest BCUT2D eigenvalue weighted by atomic mass is 9.93. The van der Waals surface area contributed by atoms with E-state index in [4.69, 9.17) is 4.74 Å². The van der Waals surface area contributed by atoms with Crippen LogP contribution < -0.4 is 5.32 Å². The van der Waals surface area contributed by atoms with Gasteiger partial charge in [-0.25, -0.2) is 0 Å². The normalized spacial score (nSPS) is 26.2. The molecular weight excluding hydrogens is 194 g/mol. The topological polar surface area (TPSA) is 58.7 Å². The van der Waals surface area contributed by atoms with Crippen molar-refractivity contribution in [2.45, 2.75) is 45.8 Å². The summed E-state index contributed by atoms with van der Waals surface area (Å²) in [7, 11) is 0. The highest BCUT2D eigenvalue weighted by molar-refractivity contribution is 5.96. The maximum Gasteiger partial charge on any atom is 0.217 e. The van der Waals surface area contributed by atoms with E-state index >= 15 is 0 Å². The Labute approximate surface area is 90.4 Å². The van der Waals surface area contributed by atoms with Crippen LogP contribution in [0.15, 0.2) is 0 Å². The molecule has 1 aliphatic rings. The van der Waals surface area contributed by atoms with Crippen molar-refractivity contribution in [3.05, 3.63) is 0 Å². The maximum atomic E-state index is 12.0. The Balaban J connectivity index is 2.62. The fraction of sp³-hybridized carbons (Fsp3) is 0.818. The van der Waals surface area contributed by atoms with Crippen LogP contribution in [0.3, 0.4) is 0 Å². The summed E-state index contributed by atoms with van der Waals surface area (Å²) in [4.78, 5) is 22.9. The number of hydrogen-bond acceptors (Lipinski definition) is 3. The lowest BCUT2D eigenvalue weighted by Crippen LogP contribution is -2.46. The zero-order valence-electron chi connectivity index (χ0n) is 9.79. The summed E-state index contributed by atoms with van der Waals surface area (Å²) in [6, 6.07) is -0.407. The fourth-order valence-electron chi connectivity index (χ4n) is 1.57. The minimum atomic E-state index is -0.651. The lowest BCUT2D eigenvalue weighted by Gasteiger charge is -2.20. The molecule has 0 unspecified atom stereocenters. The largest absolute Gasteiger partial charge is 0.361 e. The molecule has 4 nitrogen and oxygen atoms in total. The van der Waals surface area contributed by atoms with E-state index in [9.17, 15) is 9.59 Å².